The Morgan fingerprint density at radius 1 is 1.21 bits per heavy atom. The molecule has 6 heteroatoms. The Morgan fingerprint density at radius 2 is 2.00 bits per heavy atom. The van der Waals surface area contributed by atoms with Crippen LogP contribution in [0.5, 0.6) is 5.75 Å². The fraction of sp³-hybridized carbons (Fsp3) is 0.0769. The molecular formula is C13H11BrN4O. The summed E-state index contributed by atoms with van der Waals surface area (Å²) in [6.07, 6.45) is 1.85. The summed E-state index contributed by atoms with van der Waals surface area (Å²) in [5.74, 6) is 0.832. The van der Waals surface area contributed by atoms with Crippen molar-refractivity contribution in [1.82, 2.24) is 14.6 Å². The molecule has 96 valence electrons. The van der Waals surface area contributed by atoms with Crippen LogP contribution in [0.15, 0.2) is 47.1 Å². The molecule has 0 radical (unpaired) electrons. The van der Waals surface area contributed by atoms with Crippen LogP contribution in [0.25, 0.3) is 5.65 Å². The van der Waals surface area contributed by atoms with Gasteiger partial charge in [0.05, 0.1) is 4.47 Å². The molecule has 0 unspecified atom stereocenters. The quantitative estimate of drug-likeness (QED) is 0.779. The highest BCUT2D eigenvalue weighted by atomic mass is 79.9. The van der Waals surface area contributed by atoms with Crippen LogP contribution in [0.4, 0.5) is 5.95 Å². The number of pyridine rings is 1. The third-order valence-corrected chi connectivity index (χ3v) is 3.32. The molecule has 0 aliphatic heterocycles. The van der Waals surface area contributed by atoms with Crippen molar-refractivity contribution < 1.29 is 5.11 Å². The smallest absolute Gasteiger partial charge is 0.243 e. The van der Waals surface area contributed by atoms with Crippen LogP contribution in [0, 0.1) is 0 Å². The minimum atomic E-state index is 0.263. The Labute approximate surface area is 118 Å². The van der Waals surface area contributed by atoms with Gasteiger partial charge in [0, 0.05) is 12.7 Å². The predicted octanol–water partition coefficient (Wildman–Crippen LogP) is 2.81. The normalized spacial score (nSPS) is 10.8. The average Bonchev–Trinajstić information content (AvgIpc) is 2.83. The van der Waals surface area contributed by atoms with Crippen LogP contribution < -0.4 is 5.32 Å². The molecule has 0 saturated carbocycles. The average molecular weight is 319 g/mol. The van der Waals surface area contributed by atoms with E-state index < -0.39 is 0 Å². The number of aromatic hydroxyl groups is 1. The molecule has 0 fully saturated rings. The third kappa shape index (κ3) is 2.53. The second-order valence-corrected chi connectivity index (χ2v) is 4.93. The molecule has 0 bridgehead atoms. The highest BCUT2D eigenvalue weighted by molar-refractivity contribution is 9.10. The maximum Gasteiger partial charge on any atom is 0.243 e. The first-order valence-electron chi connectivity index (χ1n) is 5.75. The number of aromatic nitrogens is 3. The lowest BCUT2D eigenvalue weighted by molar-refractivity contribution is 0.475. The molecule has 0 aliphatic rings. The number of fused-ring (bicyclic) bond motifs is 1. The van der Waals surface area contributed by atoms with Gasteiger partial charge in [-0.05, 0) is 45.8 Å². The number of nitrogens with one attached hydrogen (secondary N) is 1. The lowest BCUT2D eigenvalue weighted by Crippen LogP contribution is -2.00. The molecule has 0 spiro atoms. The van der Waals surface area contributed by atoms with Crippen molar-refractivity contribution in [3.8, 4) is 5.75 Å². The van der Waals surface area contributed by atoms with Crippen LogP contribution in [-0.4, -0.2) is 19.7 Å². The van der Waals surface area contributed by atoms with Gasteiger partial charge in [0.15, 0.2) is 5.65 Å². The summed E-state index contributed by atoms with van der Waals surface area (Å²) in [6, 6.07) is 10.8. The van der Waals surface area contributed by atoms with Gasteiger partial charge in [-0.25, -0.2) is 4.52 Å². The van der Waals surface area contributed by atoms with Crippen LogP contribution in [0.1, 0.15) is 5.56 Å². The van der Waals surface area contributed by atoms with Crippen LogP contribution in [0.3, 0.4) is 0 Å². The number of nitrogens with zero attached hydrogens (tertiary/aromatic N) is 3. The molecule has 2 N–H and O–H groups in total. The zero-order valence-electron chi connectivity index (χ0n) is 9.92. The second-order valence-electron chi connectivity index (χ2n) is 4.08. The van der Waals surface area contributed by atoms with E-state index in [0.29, 0.717) is 12.5 Å². The van der Waals surface area contributed by atoms with Gasteiger partial charge in [-0.2, -0.15) is 4.98 Å². The van der Waals surface area contributed by atoms with Gasteiger partial charge in [-0.15, -0.1) is 5.10 Å². The first-order valence-corrected chi connectivity index (χ1v) is 6.54. The molecule has 3 aromatic rings. The topological polar surface area (TPSA) is 62.5 Å². The van der Waals surface area contributed by atoms with Crippen molar-refractivity contribution >= 4 is 27.5 Å². The molecule has 19 heavy (non-hydrogen) atoms. The Hall–Kier alpha value is -2.08. The predicted molar refractivity (Wildman–Crippen MR) is 76.1 cm³/mol. The van der Waals surface area contributed by atoms with E-state index in [-0.39, 0.29) is 5.75 Å². The fourth-order valence-corrected chi connectivity index (χ4v) is 2.17. The van der Waals surface area contributed by atoms with Crippen molar-refractivity contribution in [1.29, 1.82) is 0 Å². The second kappa shape index (κ2) is 4.89. The highest BCUT2D eigenvalue weighted by Crippen LogP contribution is 2.17. The molecule has 0 saturated heterocycles. The maximum atomic E-state index is 9.21. The van der Waals surface area contributed by atoms with Crippen molar-refractivity contribution in [2.45, 2.75) is 6.54 Å². The van der Waals surface area contributed by atoms with E-state index in [1.807, 2.05) is 30.5 Å². The molecule has 1 aromatic carbocycles. The molecular weight excluding hydrogens is 308 g/mol. The maximum absolute atomic E-state index is 9.21. The largest absolute Gasteiger partial charge is 0.508 e. The van der Waals surface area contributed by atoms with Gasteiger partial charge in [-0.3, -0.25) is 0 Å². The molecule has 0 amide bonds. The van der Waals surface area contributed by atoms with Gasteiger partial charge in [0.2, 0.25) is 5.95 Å². The number of phenols is 1. The Bertz CT molecular complexity index is 708. The van der Waals surface area contributed by atoms with Gasteiger partial charge in [0.25, 0.3) is 0 Å². The monoisotopic (exact) mass is 318 g/mol. The lowest BCUT2D eigenvalue weighted by Gasteiger charge is -2.01. The number of rotatable bonds is 3. The van der Waals surface area contributed by atoms with Crippen molar-refractivity contribution in [3.05, 3.63) is 52.6 Å². The number of anilines is 1. The number of halogens is 1. The van der Waals surface area contributed by atoms with Crippen LogP contribution >= 0.6 is 15.9 Å². The number of phenolic OH excluding ortho intramolecular Hbond substituents is 1. The Balaban J connectivity index is 1.78. The fourth-order valence-electron chi connectivity index (χ4n) is 1.74. The van der Waals surface area contributed by atoms with E-state index >= 15 is 0 Å². The zero-order chi connectivity index (χ0) is 13.2. The highest BCUT2D eigenvalue weighted by Gasteiger charge is 2.05. The van der Waals surface area contributed by atoms with E-state index in [9.17, 15) is 5.11 Å². The van der Waals surface area contributed by atoms with Crippen molar-refractivity contribution in [2.24, 2.45) is 0 Å². The molecule has 3 rings (SSSR count). The lowest BCUT2D eigenvalue weighted by atomic mass is 10.2. The van der Waals surface area contributed by atoms with Gasteiger partial charge >= 0.3 is 0 Å². The summed E-state index contributed by atoms with van der Waals surface area (Å²) in [4.78, 5) is 4.39. The first kappa shape index (κ1) is 12.0. The zero-order valence-corrected chi connectivity index (χ0v) is 11.5. The number of hydrogen-bond donors (Lipinski definition) is 2. The molecule has 5 nitrogen and oxygen atoms in total. The van der Waals surface area contributed by atoms with Crippen LogP contribution in [-0.2, 0) is 6.54 Å². The molecule has 0 aliphatic carbocycles. The van der Waals surface area contributed by atoms with Gasteiger partial charge in [0.1, 0.15) is 5.75 Å². The minimum Gasteiger partial charge on any atom is -0.508 e. The summed E-state index contributed by atoms with van der Waals surface area (Å²) in [6.45, 7) is 0.606. The molecule has 2 heterocycles. The molecule has 0 atom stereocenters. The molecule has 2 aromatic heterocycles. The van der Waals surface area contributed by atoms with E-state index in [1.54, 1.807) is 16.6 Å². The van der Waals surface area contributed by atoms with E-state index in [0.717, 1.165) is 15.7 Å². The summed E-state index contributed by atoms with van der Waals surface area (Å²) in [5, 5.41) is 16.7. The summed E-state index contributed by atoms with van der Waals surface area (Å²) < 4.78 is 2.61. The number of benzene rings is 1. The first-order chi connectivity index (χ1) is 9.22. The standard InChI is InChI=1S/C13H11BrN4O/c14-11-2-1-7-18-12(11)16-13(17-18)15-8-9-3-5-10(19)6-4-9/h1-7,19H,8H2,(H,15,17). The summed E-state index contributed by atoms with van der Waals surface area (Å²) in [7, 11) is 0. The minimum absolute atomic E-state index is 0.263. The summed E-state index contributed by atoms with van der Waals surface area (Å²) >= 11 is 3.44. The van der Waals surface area contributed by atoms with Gasteiger partial charge in [-0.1, -0.05) is 12.1 Å². The van der Waals surface area contributed by atoms with E-state index in [1.165, 1.54) is 0 Å². The summed E-state index contributed by atoms with van der Waals surface area (Å²) in [5.41, 5.74) is 1.83. The van der Waals surface area contributed by atoms with E-state index in [2.05, 4.69) is 31.3 Å². The number of hydrogen-bond acceptors (Lipinski definition) is 4. The van der Waals surface area contributed by atoms with Crippen molar-refractivity contribution in [3.63, 3.8) is 0 Å². The SMILES string of the molecule is Oc1ccc(CNc2nc3c(Br)cccn3n2)cc1. The Morgan fingerprint density at radius 3 is 2.74 bits per heavy atom. The third-order valence-electron chi connectivity index (χ3n) is 2.70. The van der Waals surface area contributed by atoms with E-state index in [4.69, 9.17) is 0 Å². The van der Waals surface area contributed by atoms with Gasteiger partial charge < -0.3 is 10.4 Å². The van der Waals surface area contributed by atoms with Crippen molar-refractivity contribution in [2.75, 3.05) is 5.32 Å². The Kier molecular flexibility index (Phi) is 3.08. The van der Waals surface area contributed by atoms with Crippen LogP contribution in [0.2, 0.25) is 0 Å².